The second kappa shape index (κ2) is 4.82. The lowest BCUT2D eigenvalue weighted by atomic mass is 10.1. The Morgan fingerprint density at radius 3 is 2.67 bits per heavy atom. The van der Waals surface area contributed by atoms with Crippen LogP contribution >= 0.6 is 0 Å². The SMILES string of the molecule is Cc1ccc(NC(=O)CC(C)C)cc1O. The summed E-state index contributed by atoms with van der Waals surface area (Å²) < 4.78 is 0. The topological polar surface area (TPSA) is 49.3 Å². The van der Waals surface area contributed by atoms with E-state index in [1.165, 1.54) is 0 Å². The molecular weight excluding hydrogens is 190 g/mol. The Bertz CT molecular complexity index is 359. The van der Waals surface area contributed by atoms with Crippen molar-refractivity contribution in [2.45, 2.75) is 27.2 Å². The number of hydrogen-bond acceptors (Lipinski definition) is 2. The summed E-state index contributed by atoms with van der Waals surface area (Å²) in [7, 11) is 0. The van der Waals surface area contributed by atoms with Crippen molar-refractivity contribution in [3.8, 4) is 5.75 Å². The molecule has 82 valence electrons. The minimum absolute atomic E-state index is 0.0201. The molecule has 0 saturated carbocycles. The van der Waals surface area contributed by atoms with Gasteiger partial charge in [0, 0.05) is 18.2 Å². The van der Waals surface area contributed by atoms with Crippen molar-refractivity contribution in [2.75, 3.05) is 5.32 Å². The molecule has 0 bridgehead atoms. The quantitative estimate of drug-likeness (QED) is 0.800. The molecular formula is C12H17NO2. The Balaban J connectivity index is 2.65. The van der Waals surface area contributed by atoms with Crippen LogP contribution in [0.4, 0.5) is 5.69 Å². The molecule has 0 fully saturated rings. The number of aryl methyl sites for hydroxylation is 1. The van der Waals surface area contributed by atoms with E-state index in [2.05, 4.69) is 5.32 Å². The highest BCUT2D eigenvalue weighted by atomic mass is 16.3. The van der Waals surface area contributed by atoms with Crippen molar-refractivity contribution in [3.05, 3.63) is 23.8 Å². The van der Waals surface area contributed by atoms with Crippen LogP contribution in [0.2, 0.25) is 0 Å². The third kappa shape index (κ3) is 3.62. The molecule has 0 aliphatic carbocycles. The molecule has 0 unspecified atom stereocenters. The molecule has 0 atom stereocenters. The molecule has 0 heterocycles. The summed E-state index contributed by atoms with van der Waals surface area (Å²) in [6.45, 7) is 5.80. The zero-order valence-corrected chi connectivity index (χ0v) is 9.37. The predicted octanol–water partition coefficient (Wildman–Crippen LogP) is 2.69. The van der Waals surface area contributed by atoms with Gasteiger partial charge in [0.1, 0.15) is 5.75 Å². The van der Waals surface area contributed by atoms with E-state index in [1.54, 1.807) is 18.2 Å². The molecule has 15 heavy (non-hydrogen) atoms. The molecule has 0 saturated heterocycles. The maximum atomic E-state index is 11.4. The van der Waals surface area contributed by atoms with Crippen LogP contribution in [0.15, 0.2) is 18.2 Å². The average Bonchev–Trinajstić information content (AvgIpc) is 2.10. The van der Waals surface area contributed by atoms with Gasteiger partial charge in [-0.2, -0.15) is 0 Å². The van der Waals surface area contributed by atoms with Gasteiger partial charge in [-0.15, -0.1) is 0 Å². The maximum absolute atomic E-state index is 11.4. The molecule has 1 aromatic carbocycles. The number of carbonyl (C=O) groups excluding carboxylic acids is 1. The van der Waals surface area contributed by atoms with E-state index < -0.39 is 0 Å². The number of phenols is 1. The van der Waals surface area contributed by atoms with Gasteiger partial charge >= 0.3 is 0 Å². The first-order valence-corrected chi connectivity index (χ1v) is 5.08. The Kier molecular flexibility index (Phi) is 3.72. The van der Waals surface area contributed by atoms with Gasteiger partial charge in [0.15, 0.2) is 0 Å². The van der Waals surface area contributed by atoms with E-state index in [1.807, 2.05) is 20.8 Å². The van der Waals surface area contributed by atoms with Gasteiger partial charge in [-0.05, 0) is 24.5 Å². The standard InChI is InChI=1S/C12H17NO2/c1-8(2)6-12(15)13-10-5-4-9(3)11(14)7-10/h4-5,7-8,14H,6H2,1-3H3,(H,13,15). The van der Waals surface area contributed by atoms with Crippen molar-refractivity contribution < 1.29 is 9.90 Å². The number of benzene rings is 1. The fraction of sp³-hybridized carbons (Fsp3) is 0.417. The Morgan fingerprint density at radius 1 is 1.47 bits per heavy atom. The Morgan fingerprint density at radius 2 is 2.13 bits per heavy atom. The fourth-order valence-electron chi connectivity index (χ4n) is 1.27. The number of amides is 1. The van der Waals surface area contributed by atoms with Gasteiger partial charge in [-0.3, -0.25) is 4.79 Å². The highest BCUT2D eigenvalue weighted by Crippen LogP contribution is 2.21. The fourth-order valence-corrected chi connectivity index (χ4v) is 1.27. The summed E-state index contributed by atoms with van der Waals surface area (Å²) in [6, 6.07) is 5.13. The van der Waals surface area contributed by atoms with Gasteiger partial charge in [-0.1, -0.05) is 19.9 Å². The van der Waals surface area contributed by atoms with Gasteiger partial charge in [0.2, 0.25) is 5.91 Å². The number of nitrogens with one attached hydrogen (secondary N) is 1. The molecule has 0 aliphatic rings. The maximum Gasteiger partial charge on any atom is 0.224 e. The lowest BCUT2D eigenvalue weighted by Gasteiger charge is -2.08. The van der Waals surface area contributed by atoms with Gasteiger partial charge in [-0.25, -0.2) is 0 Å². The summed E-state index contributed by atoms with van der Waals surface area (Å²) in [4.78, 5) is 11.4. The number of anilines is 1. The van der Waals surface area contributed by atoms with Gasteiger partial charge in [0.25, 0.3) is 0 Å². The average molecular weight is 207 g/mol. The van der Waals surface area contributed by atoms with Crippen molar-refractivity contribution in [1.29, 1.82) is 0 Å². The number of phenolic OH excluding ortho intramolecular Hbond substituents is 1. The normalized spacial score (nSPS) is 10.4. The van der Waals surface area contributed by atoms with Crippen molar-refractivity contribution >= 4 is 11.6 Å². The molecule has 2 N–H and O–H groups in total. The lowest BCUT2D eigenvalue weighted by Crippen LogP contribution is -2.13. The van der Waals surface area contributed by atoms with Crippen LogP contribution in [0.5, 0.6) is 5.75 Å². The second-order valence-electron chi connectivity index (χ2n) is 4.15. The number of carbonyl (C=O) groups is 1. The summed E-state index contributed by atoms with van der Waals surface area (Å²) in [5.41, 5.74) is 1.45. The van der Waals surface area contributed by atoms with Crippen LogP contribution in [0, 0.1) is 12.8 Å². The molecule has 0 aliphatic heterocycles. The predicted molar refractivity (Wildman–Crippen MR) is 60.9 cm³/mol. The van der Waals surface area contributed by atoms with Gasteiger partial charge in [0.05, 0.1) is 0 Å². The van der Waals surface area contributed by atoms with E-state index in [0.717, 1.165) is 5.56 Å². The van der Waals surface area contributed by atoms with Crippen molar-refractivity contribution in [3.63, 3.8) is 0 Å². The van der Waals surface area contributed by atoms with Crippen molar-refractivity contribution in [2.24, 2.45) is 5.92 Å². The molecule has 3 nitrogen and oxygen atoms in total. The molecule has 0 spiro atoms. The molecule has 0 radical (unpaired) electrons. The number of hydrogen-bond donors (Lipinski definition) is 2. The van der Waals surface area contributed by atoms with Crippen LogP contribution in [0.1, 0.15) is 25.8 Å². The lowest BCUT2D eigenvalue weighted by molar-refractivity contribution is -0.116. The molecule has 1 aromatic rings. The molecule has 1 amide bonds. The first kappa shape index (κ1) is 11.6. The van der Waals surface area contributed by atoms with Crippen LogP contribution in [-0.2, 0) is 4.79 Å². The van der Waals surface area contributed by atoms with Crippen molar-refractivity contribution in [1.82, 2.24) is 0 Å². The Labute approximate surface area is 90.1 Å². The second-order valence-corrected chi connectivity index (χ2v) is 4.15. The molecule has 0 aromatic heterocycles. The summed E-state index contributed by atoms with van der Waals surface area (Å²) in [5.74, 6) is 0.523. The zero-order valence-electron chi connectivity index (χ0n) is 9.37. The molecule has 3 heteroatoms. The van der Waals surface area contributed by atoms with E-state index in [0.29, 0.717) is 18.0 Å². The first-order valence-electron chi connectivity index (χ1n) is 5.08. The third-order valence-electron chi connectivity index (χ3n) is 2.09. The minimum atomic E-state index is -0.0201. The first-order chi connectivity index (χ1) is 6.99. The van der Waals surface area contributed by atoms with E-state index >= 15 is 0 Å². The number of aromatic hydroxyl groups is 1. The van der Waals surface area contributed by atoms with E-state index in [9.17, 15) is 9.90 Å². The minimum Gasteiger partial charge on any atom is -0.508 e. The van der Waals surface area contributed by atoms with E-state index in [4.69, 9.17) is 0 Å². The monoisotopic (exact) mass is 207 g/mol. The Hall–Kier alpha value is -1.51. The van der Waals surface area contributed by atoms with Crippen LogP contribution in [0.3, 0.4) is 0 Å². The van der Waals surface area contributed by atoms with E-state index in [-0.39, 0.29) is 11.7 Å². The molecule has 1 rings (SSSR count). The van der Waals surface area contributed by atoms with Crippen LogP contribution in [0.25, 0.3) is 0 Å². The highest BCUT2D eigenvalue weighted by Gasteiger charge is 2.06. The van der Waals surface area contributed by atoms with Crippen LogP contribution in [-0.4, -0.2) is 11.0 Å². The van der Waals surface area contributed by atoms with Gasteiger partial charge < -0.3 is 10.4 Å². The van der Waals surface area contributed by atoms with Crippen LogP contribution < -0.4 is 5.32 Å². The summed E-state index contributed by atoms with van der Waals surface area (Å²) in [6.07, 6.45) is 0.495. The smallest absolute Gasteiger partial charge is 0.224 e. The summed E-state index contributed by atoms with van der Waals surface area (Å²) in [5, 5.41) is 12.2. The zero-order chi connectivity index (χ0) is 11.4. The highest BCUT2D eigenvalue weighted by molar-refractivity contribution is 5.91. The third-order valence-corrected chi connectivity index (χ3v) is 2.09. The number of rotatable bonds is 3. The largest absolute Gasteiger partial charge is 0.508 e. The summed E-state index contributed by atoms with van der Waals surface area (Å²) >= 11 is 0.